The predicted octanol–water partition coefficient (Wildman–Crippen LogP) is 5.15. The van der Waals surface area contributed by atoms with Crippen molar-refractivity contribution in [1.29, 1.82) is 0 Å². The Kier molecular flexibility index (Phi) is 6.19. The minimum Gasteiger partial charge on any atom is -0.365 e. The van der Waals surface area contributed by atoms with E-state index < -0.39 is 0 Å². The molecular weight excluding hydrogens is 272 g/mol. The average Bonchev–Trinajstić information content (AvgIpc) is 2.82. The quantitative estimate of drug-likeness (QED) is 0.578. The number of fused-ring (bicyclic) bond motifs is 1. The molecule has 0 aromatic rings. The van der Waals surface area contributed by atoms with Crippen LogP contribution in [0.3, 0.4) is 0 Å². The maximum atomic E-state index is 12.2. The molecule has 0 bridgehead atoms. The lowest BCUT2D eigenvalue weighted by Gasteiger charge is -2.15. The van der Waals surface area contributed by atoms with E-state index in [2.05, 4.69) is 39.8 Å². The number of hydrogen-bond acceptors (Lipinski definition) is 2. The van der Waals surface area contributed by atoms with Crippen LogP contribution in [-0.4, -0.2) is 18.5 Å². The molecule has 2 aliphatic rings. The maximum absolute atomic E-state index is 12.2. The van der Waals surface area contributed by atoms with Crippen molar-refractivity contribution < 1.29 is 9.53 Å². The van der Waals surface area contributed by atoms with E-state index >= 15 is 0 Å². The van der Waals surface area contributed by atoms with Crippen LogP contribution in [0.5, 0.6) is 0 Å². The van der Waals surface area contributed by atoms with Crippen molar-refractivity contribution in [3.8, 4) is 0 Å². The fraction of sp³-hybridized carbons (Fsp3) is 0.650. The molecule has 122 valence electrons. The second-order valence-corrected chi connectivity index (χ2v) is 7.05. The van der Waals surface area contributed by atoms with Gasteiger partial charge in [-0.2, -0.15) is 0 Å². The van der Waals surface area contributed by atoms with Gasteiger partial charge in [0.1, 0.15) is 5.78 Å². The zero-order valence-electron chi connectivity index (χ0n) is 14.6. The van der Waals surface area contributed by atoms with E-state index in [1.807, 2.05) is 0 Å². The van der Waals surface area contributed by atoms with Crippen molar-refractivity contribution in [3.05, 3.63) is 34.4 Å². The van der Waals surface area contributed by atoms with Crippen LogP contribution in [0, 0.1) is 5.92 Å². The molecule has 0 fully saturated rings. The molecule has 0 saturated heterocycles. The van der Waals surface area contributed by atoms with Gasteiger partial charge in [0.2, 0.25) is 0 Å². The van der Waals surface area contributed by atoms with E-state index in [-0.39, 0.29) is 12.0 Å². The molecule has 2 nitrogen and oxygen atoms in total. The molecule has 1 heterocycles. The van der Waals surface area contributed by atoms with Crippen molar-refractivity contribution in [2.24, 2.45) is 5.92 Å². The number of allylic oxidation sites excluding steroid dienone is 3. The molecule has 1 aliphatic heterocycles. The Morgan fingerprint density at radius 2 is 1.77 bits per heavy atom. The summed E-state index contributed by atoms with van der Waals surface area (Å²) in [6, 6.07) is 0. The lowest BCUT2D eigenvalue weighted by atomic mass is 9.92. The molecule has 0 amide bonds. The molecule has 2 heteroatoms. The zero-order valence-corrected chi connectivity index (χ0v) is 14.6. The first-order valence-corrected chi connectivity index (χ1v) is 8.63. The maximum Gasteiger partial charge on any atom is 0.136 e. The van der Waals surface area contributed by atoms with Gasteiger partial charge in [-0.15, -0.1) is 0 Å². The molecule has 0 spiro atoms. The Hall–Kier alpha value is -1.15. The third-order valence-corrected chi connectivity index (χ3v) is 5.00. The highest BCUT2D eigenvalue weighted by atomic mass is 16.5. The second kappa shape index (κ2) is 7.92. The number of carbonyl (C=O) groups is 1. The van der Waals surface area contributed by atoms with E-state index in [0.29, 0.717) is 12.2 Å². The van der Waals surface area contributed by atoms with E-state index in [9.17, 15) is 4.79 Å². The standard InChI is InChI=1S/C20H30O2/c1-14-6-5-7-16(3)19(21)11-9-15(2)12-20-18(10-8-14)17(4)13-22-20/h6,12,16,20H,5,7-11,13H2,1-4H3/b14-6+,15-12+/t16-,20-/m0/s1. The monoisotopic (exact) mass is 302 g/mol. The summed E-state index contributed by atoms with van der Waals surface area (Å²) in [4.78, 5) is 12.2. The van der Waals surface area contributed by atoms with Gasteiger partial charge in [0.25, 0.3) is 0 Å². The van der Waals surface area contributed by atoms with Crippen LogP contribution < -0.4 is 0 Å². The first-order chi connectivity index (χ1) is 10.5. The van der Waals surface area contributed by atoms with E-state index in [4.69, 9.17) is 4.74 Å². The minimum absolute atomic E-state index is 0.128. The normalized spacial score (nSPS) is 33.5. The summed E-state index contributed by atoms with van der Waals surface area (Å²) in [5.74, 6) is 0.579. The van der Waals surface area contributed by atoms with Crippen molar-refractivity contribution >= 4 is 5.78 Å². The van der Waals surface area contributed by atoms with Crippen molar-refractivity contribution in [1.82, 2.24) is 0 Å². The molecule has 1 aliphatic carbocycles. The Morgan fingerprint density at radius 3 is 2.55 bits per heavy atom. The Balaban J connectivity index is 2.17. The number of rotatable bonds is 0. The molecule has 0 N–H and O–H groups in total. The third-order valence-electron chi connectivity index (χ3n) is 5.00. The number of ketones is 1. The van der Waals surface area contributed by atoms with E-state index in [1.165, 1.54) is 22.3 Å². The van der Waals surface area contributed by atoms with Crippen LogP contribution in [0.1, 0.15) is 66.2 Å². The summed E-state index contributed by atoms with van der Waals surface area (Å²) >= 11 is 0. The number of carbonyl (C=O) groups excluding carboxylic acids is 1. The molecule has 2 atom stereocenters. The average molecular weight is 302 g/mol. The smallest absolute Gasteiger partial charge is 0.136 e. The predicted molar refractivity (Wildman–Crippen MR) is 91.8 cm³/mol. The van der Waals surface area contributed by atoms with Gasteiger partial charge in [0.05, 0.1) is 12.7 Å². The topological polar surface area (TPSA) is 26.3 Å². The summed E-state index contributed by atoms with van der Waals surface area (Å²) in [5, 5.41) is 0. The fourth-order valence-corrected chi connectivity index (χ4v) is 3.24. The summed E-state index contributed by atoms with van der Waals surface area (Å²) in [7, 11) is 0. The third kappa shape index (κ3) is 4.67. The Morgan fingerprint density at radius 1 is 1.05 bits per heavy atom. The van der Waals surface area contributed by atoms with Crippen molar-refractivity contribution in [3.63, 3.8) is 0 Å². The summed E-state index contributed by atoms with van der Waals surface area (Å²) in [6.45, 7) is 9.35. The Labute approximate surface area is 135 Å². The number of ether oxygens (including phenoxy) is 1. The van der Waals surface area contributed by atoms with Gasteiger partial charge in [-0.25, -0.2) is 0 Å². The Bertz CT molecular complexity index is 508. The first kappa shape index (κ1) is 17.2. The van der Waals surface area contributed by atoms with Gasteiger partial charge >= 0.3 is 0 Å². The SMILES string of the molecule is CC1=C2CC/C(C)=C/CC[C@H](C)C(=O)CC/C(C)=C/[C@@H]2OC1. The summed E-state index contributed by atoms with van der Waals surface area (Å²) < 4.78 is 5.93. The zero-order chi connectivity index (χ0) is 16.1. The minimum atomic E-state index is 0.128. The highest BCUT2D eigenvalue weighted by Crippen LogP contribution is 2.29. The largest absolute Gasteiger partial charge is 0.365 e. The second-order valence-electron chi connectivity index (χ2n) is 7.05. The van der Waals surface area contributed by atoms with Gasteiger partial charge in [0.15, 0.2) is 0 Å². The molecule has 22 heavy (non-hydrogen) atoms. The molecule has 0 radical (unpaired) electrons. The van der Waals surface area contributed by atoms with Crippen molar-refractivity contribution in [2.75, 3.05) is 6.61 Å². The van der Waals surface area contributed by atoms with Gasteiger partial charge in [-0.05, 0) is 64.0 Å². The lowest BCUT2D eigenvalue weighted by Crippen LogP contribution is -2.12. The number of hydrogen-bond donors (Lipinski definition) is 0. The fourth-order valence-electron chi connectivity index (χ4n) is 3.24. The van der Waals surface area contributed by atoms with Gasteiger partial charge in [-0.1, -0.05) is 30.2 Å². The van der Waals surface area contributed by atoms with E-state index in [0.717, 1.165) is 38.7 Å². The summed E-state index contributed by atoms with van der Waals surface area (Å²) in [6.07, 6.45) is 10.4. The van der Waals surface area contributed by atoms with Gasteiger partial charge < -0.3 is 4.74 Å². The molecule has 0 aromatic carbocycles. The van der Waals surface area contributed by atoms with Crippen LogP contribution in [0.15, 0.2) is 34.4 Å². The first-order valence-electron chi connectivity index (χ1n) is 8.63. The van der Waals surface area contributed by atoms with Crippen LogP contribution in [-0.2, 0) is 9.53 Å². The van der Waals surface area contributed by atoms with Gasteiger partial charge in [0, 0.05) is 12.3 Å². The van der Waals surface area contributed by atoms with E-state index in [1.54, 1.807) is 0 Å². The number of Topliss-reactive ketones (excluding diaryl/α,β-unsaturated/α-hetero) is 1. The summed E-state index contributed by atoms with van der Waals surface area (Å²) in [5.41, 5.74) is 5.55. The molecule has 0 saturated carbocycles. The van der Waals surface area contributed by atoms with Crippen LogP contribution in [0.25, 0.3) is 0 Å². The highest BCUT2D eigenvalue weighted by molar-refractivity contribution is 5.80. The van der Waals surface area contributed by atoms with Crippen molar-refractivity contribution in [2.45, 2.75) is 72.3 Å². The van der Waals surface area contributed by atoms with Crippen LogP contribution in [0.2, 0.25) is 0 Å². The molecule has 0 unspecified atom stereocenters. The molecule has 2 rings (SSSR count). The molecule has 0 aromatic heterocycles. The van der Waals surface area contributed by atoms with Crippen LogP contribution >= 0.6 is 0 Å². The lowest BCUT2D eigenvalue weighted by molar-refractivity contribution is -0.122. The highest BCUT2D eigenvalue weighted by Gasteiger charge is 2.22. The van der Waals surface area contributed by atoms with Gasteiger partial charge in [-0.3, -0.25) is 4.79 Å². The molecular formula is C20H30O2. The van der Waals surface area contributed by atoms with Crippen LogP contribution in [0.4, 0.5) is 0 Å².